The quantitative estimate of drug-likeness (QED) is 0.0268. The van der Waals surface area contributed by atoms with Crippen LogP contribution in [0.3, 0.4) is 0 Å². The summed E-state index contributed by atoms with van der Waals surface area (Å²) in [6.07, 6.45) is 0. The molecule has 3 N–H and O–H groups in total. The third-order valence-electron chi connectivity index (χ3n) is 10.7. The summed E-state index contributed by atoms with van der Waals surface area (Å²) >= 11 is 0. The van der Waals surface area contributed by atoms with E-state index in [4.69, 9.17) is 10.3 Å². The Morgan fingerprint density at radius 3 is 1.39 bits per heavy atom. The number of nitrogens with one attached hydrogen (secondary N) is 3. The zero-order valence-corrected chi connectivity index (χ0v) is 41.4. The highest BCUT2D eigenvalue weighted by Crippen LogP contribution is 2.43. The summed E-state index contributed by atoms with van der Waals surface area (Å²) in [6, 6.07) is 72.8. The molecule has 0 heterocycles. The van der Waals surface area contributed by atoms with Crippen LogP contribution in [0.4, 0.5) is 0 Å². The summed E-state index contributed by atoms with van der Waals surface area (Å²) in [5.74, 6) is -1.28. The highest BCUT2D eigenvalue weighted by Gasteiger charge is 2.33. The maximum atomic E-state index is 14.7. The molecule has 0 saturated carbocycles. The van der Waals surface area contributed by atoms with Crippen LogP contribution in [0.5, 0.6) is 0 Å². The number of nitrogens with zero attached hydrogens (tertiary/aromatic N) is 3. The van der Waals surface area contributed by atoms with Crippen molar-refractivity contribution in [2.75, 3.05) is 19.7 Å². The molecular formula is C61H66N6O6P2. The summed E-state index contributed by atoms with van der Waals surface area (Å²) in [5, 5.41) is 16.4. The maximum Gasteiger partial charge on any atom is 0.338 e. The Hall–Kier alpha value is -8.39. The average molecular weight is 1040 g/mol. The Balaban J connectivity index is 0.000000316. The molecule has 8 rings (SSSR count). The van der Waals surface area contributed by atoms with Gasteiger partial charge in [-0.25, -0.2) is 4.79 Å². The second-order valence-corrected chi connectivity index (χ2v) is 20.6. The van der Waals surface area contributed by atoms with Crippen molar-refractivity contribution < 1.29 is 28.5 Å². The molecule has 0 atom stereocenters. The van der Waals surface area contributed by atoms with Gasteiger partial charge in [-0.15, -0.1) is 0 Å². The van der Waals surface area contributed by atoms with Gasteiger partial charge < -0.3 is 25.3 Å². The Labute approximate surface area is 443 Å². The summed E-state index contributed by atoms with van der Waals surface area (Å²) in [4.78, 5) is 51.4. The molecule has 12 nitrogen and oxygen atoms in total. The molecule has 3 amide bonds. The molecule has 0 unspecified atom stereocenters. The highest BCUT2D eigenvalue weighted by molar-refractivity contribution is 7.85. The van der Waals surface area contributed by atoms with Crippen LogP contribution in [0.2, 0.25) is 0 Å². The van der Waals surface area contributed by atoms with Crippen molar-refractivity contribution in [3.8, 4) is 0 Å². The fourth-order valence-electron chi connectivity index (χ4n) is 7.34. The Morgan fingerprint density at radius 1 is 0.520 bits per heavy atom. The van der Waals surface area contributed by atoms with Crippen molar-refractivity contribution in [2.45, 2.75) is 42.3 Å². The van der Waals surface area contributed by atoms with Crippen molar-refractivity contribution in [1.29, 1.82) is 0 Å². The van der Waals surface area contributed by atoms with Crippen LogP contribution in [0.25, 0.3) is 10.4 Å². The lowest BCUT2D eigenvalue weighted by Crippen LogP contribution is -2.39. The van der Waals surface area contributed by atoms with Gasteiger partial charge in [-0.3, -0.25) is 14.4 Å². The van der Waals surface area contributed by atoms with Crippen molar-refractivity contribution >= 4 is 70.6 Å². The minimum atomic E-state index is -3.33. The van der Waals surface area contributed by atoms with Crippen molar-refractivity contribution in [1.82, 2.24) is 16.0 Å². The monoisotopic (exact) mass is 1040 g/mol. The first-order valence-electron chi connectivity index (χ1n) is 23.1. The third kappa shape index (κ3) is 18.0. The Bertz CT molecular complexity index is 2990. The Kier molecular flexibility index (Phi) is 26.5. The number of rotatable bonds is 17. The number of carbonyl (C=O) groups is 4. The predicted molar refractivity (Wildman–Crippen MR) is 310 cm³/mol. The Morgan fingerprint density at radius 2 is 0.920 bits per heavy atom. The van der Waals surface area contributed by atoms with Crippen molar-refractivity contribution in [3.63, 3.8) is 0 Å². The smallest absolute Gasteiger partial charge is 0.338 e. The normalized spacial score (nSPS) is 10.0. The molecule has 0 bridgehead atoms. The van der Waals surface area contributed by atoms with Gasteiger partial charge in [-0.2, -0.15) is 0 Å². The van der Waals surface area contributed by atoms with Gasteiger partial charge >= 0.3 is 5.97 Å². The molecule has 0 aliphatic rings. The van der Waals surface area contributed by atoms with Crippen LogP contribution in [-0.2, 0) is 32.0 Å². The van der Waals surface area contributed by atoms with E-state index in [1.807, 2.05) is 189 Å². The van der Waals surface area contributed by atoms with Gasteiger partial charge in [0.1, 0.15) is 6.54 Å². The van der Waals surface area contributed by atoms with Gasteiger partial charge in [0.25, 0.3) is 5.91 Å². The predicted octanol–water partition coefficient (Wildman–Crippen LogP) is 10.5. The summed E-state index contributed by atoms with van der Waals surface area (Å²) in [5.41, 5.74) is 10.9. The van der Waals surface area contributed by atoms with Gasteiger partial charge in [0.05, 0.1) is 24.3 Å². The lowest BCUT2D eigenvalue weighted by Gasteiger charge is -2.22. The standard InChI is InChI=1S/C28H25N2O3P.C21H19O2P.C9H10N4O.3CH4/c31-27(29-20-22-12-4-1-5-13-22)21-30-28(32)25-18-10-11-19-26(25)34(33,23-14-6-2-7-15-23)24-16-8-3-9-17-24;1-2-23-21(22)19-15-9-10-16-20(19)24(17-11-5-3-6-12-17)18-13-7-4-8-14-18;10-13-12-7-9(14)11-6-8-4-2-1-3-5-8;;;/h1-19H,20-21H2,(H,29,31)(H,30,32);3-16H,2H2,1H3;1-5H,6-7H2,(H,11,14);3*1H4. The van der Waals surface area contributed by atoms with Crippen molar-refractivity contribution in [3.05, 3.63) is 263 Å². The first kappa shape index (κ1) is 60.9. The molecule has 8 aromatic carbocycles. The van der Waals surface area contributed by atoms with Crippen LogP contribution in [0, 0.1) is 0 Å². The first-order valence-corrected chi connectivity index (χ1v) is 26.1. The molecule has 75 heavy (non-hydrogen) atoms. The van der Waals surface area contributed by atoms with Crippen LogP contribution in [-0.4, -0.2) is 43.4 Å². The van der Waals surface area contributed by atoms with E-state index in [1.165, 1.54) is 10.6 Å². The van der Waals surface area contributed by atoms with Crippen LogP contribution in [0.15, 0.2) is 236 Å². The summed E-state index contributed by atoms with van der Waals surface area (Å²) in [7, 11) is -4.14. The van der Waals surface area contributed by atoms with E-state index in [9.17, 15) is 23.7 Å². The molecule has 0 aliphatic heterocycles. The molecule has 8 aromatic rings. The van der Waals surface area contributed by atoms with E-state index in [2.05, 4.69) is 50.2 Å². The molecule has 0 aromatic heterocycles. The number of hydrogen-bond donors (Lipinski definition) is 3. The molecule has 0 spiro atoms. The second kappa shape index (κ2) is 32.6. The molecule has 14 heteroatoms. The number of hydrogen-bond acceptors (Lipinski definition) is 7. The number of esters is 1. The van der Waals surface area contributed by atoms with Gasteiger partial charge in [-0.1, -0.05) is 246 Å². The molecular weight excluding hydrogens is 975 g/mol. The van der Waals surface area contributed by atoms with Crippen LogP contribution >= 0.6 is 15.1 Å². The van der Waals surface area contributed by atoms with Crippen molar-refractivity contribution in [2.24, 2.45) is 5.11 Å². The van der Waals surface area contributed by atoms with Crippen LogP contribution < -0.4 is 47.8 Å². The van der Waals surface area contributed by atoms with E-state index in [0.29, 0.717) is 41.2 Å². The van der Waals surface area contributed by atoms with Gasteiger partial charge in [0.2, 0.25) is 11.8 Å². The van der Waals surface area contributed by atoms with Crippen LogP contribution in [0.1, 0.15) is 61.0 Å². The van der Waals surface area contributed by atoms with E-state index in [1.54, 1.807) is 24.3 Å². The average Bonchev–Trinajstić information content (AvgIpc) is 3.45. The molecule has 0 fully saturated rings. The number of benzene rings is 8. The number of amides is 3. The lowest BCUT2D eigenvalue weighted by molar-refractivity contribution is -0.120. The second-order valence-electron chi connectivity index (χ2n) is 15.6. The van der Waals surface area contributed by atoms with Gasteiger partial charge in [-0.05, 0) is 59.5 Å². The van der Waals surface area contributed by atoms with E-state index >= 15 is 0 Å². The summed E-state index contributed by atoms with van der Waals surface area (Å²) < 4.78 is 19.9. The largest absolute Gasteiger partial charge is 0.462 e. The number of azide groups is 1. The number of ether oxygens (including phenoxy) is 1. The minimum Gasteiger partial charge on any atom is -0.462 e. The molecule has 386 valence electrons. The van der Waals surface area contributed by atoms with E-state index < -0.39 is 21.0 Å². The maximum absolute atomic E-state index is 14.7. The van der Waals surface area contributed by atoms with Gasteiger partial charge in [0, 0.05) is 33.9 Å². The molecule has 0 aliphatic carbocycles. The minimum absolute atomic E-state index is 0. The summed E-state index contributed by atoms with van der Waals surface area (Å²) in [6.45, 7) is 2.72. The fourth-order valence-corrected chi connectivity index (χ4v) is 12.6. The highest BCUT2D eigenvalue weighted by atomic mass is 31.2. The zero-order chi connectivity index (χ0) is 50.8. The molecule has 0 radical (unpaired) electrons. The first-order chi connectivity index (χ1) is 35.2. The number of carbonyl (C=O) groups excluding carboxylic acids is 4. The zero-order valence-electron chi connectivity index (χ0n) is 39.7. The lowest BCUT2D eigenvalue weighted by atomic mass is 10.2. The fraction of sp³-hybridized carbons (Fsp3) is 0.148. The third-order valence-corrected chi connectivity index (χ3v) is 16.4. The molecule has 0 saturated heterocycles. The van der Waals surface area contributed by atoms with E-state index in [0.717, 1.165) is 16.4 Å². The van der Waals surface area contributed by atoms with E-state index in [-0.39, 0.29) is 58.7 Å². The topological polar surface area (TPSA) is 179 Å². The SMILES string of the molecule is C.C.C.CCOC(=O)c1ccccc1P(c1ccccc1)c1ccccc1.O=C(CNC(=O)c1ccccc1P(=O)(c1ccccc1)c1ccccc1)NCc1ccccc1.[N-]=[N+]=NCC(=O)NCc1ccccc1. The van der Waals surface area contributed by atoms with Gasteiger partial charge in [0.15, 0.2) is 7.14 Å².